The van der Waals surface area contributed by atoms with E-state index in [1.54, 1.807) is 29.9 Å². The van der Waals surface area contributed by atoms with E-state index in [-0.39, 0.29) is 1.43 Å². The summed E-state index contributed by atoms with van der Waals surface area (Å²) in [6.45, 7) is 1.87. The molecule has 0 radical (unpaired) electrons. The fraction of sp³-hybridized carbons (Fsp3) is 0.0625. The van der Waals surface area contributed by atoms with Gasteiger partial charge in [0, 0.05) is 19.4 Å². The minimum atomic E-state index is 0. The van der Waals surface area contributed by atoms with Crippen LogP contribution in [0.15, 0.2) is 52.7 Å². The summed E-state index contributed by atoms with van der Waals surface area (Å²) in [7, 11) is 0. The lowest BCUT2D eigenvalue weighted by Gasteiger charge is -2.04. The third-order valence-corrected chi connectivity index (χ3v) is 4.15. The molecule has 0 atom stereocenters. The Bertz CT molecular complexity index is 940. The molecule has 0 spiro atoms. The number of nitrogens with zero attached hydrogens (tertiary/aromatic N) is 5. The largest absolute Gasteiger partial charge is 0.414 e. The Morgan fingerprint density at radius 3 is 2.70 bits per heavy atom. The quantitative estimate of drug-likeness (QED) is 0.569. The number of thiophene rings is 1. The molecule has 6 nitrogen and oxygen atoms in total. The van der Waals surface area contributed by atoms with Gasteiger partial charge in [0.15, 0.2) is 0 Å². The third-order valence-electron chi connectivity index (χ3n) is 3.29. The highest BCUT2D eigenvalue weighted by molar-refractivity contribution is 7.13. The number of hydrogen-bond donors (Lipinski definition) is 0. The Balaban J connectivity index is 0.00000169. The lowest BCUT2D eigenvalue weighted by Crippen LogP contribution is -1.95. The zero-order chi connectivity index (χ0) is 15.6. The van der Waals surface area contributed by atoms with Crippen molar-refractivity contribution in [1.82, 2.24) is 25.1 Å². The normalized spacial score (nSPS) is 10.8. The van der Waals surface area contributed by atoms with E-state index < -0.39 is 0 Å². The molecule has 0 aliphatic carbocycles. The number of aromatic nitrogens is 5. The van der Waals surface area contributed by atoms with Gasteiger partial charge in [0.05, 0.1) is 22.5 Å². The summed E-state index contributed by atoms with van der Waals surface area (Å²) < 4.78 is 5.76. The van der Waals surface area contributed by atoms with E-state index in [1.807, 2.05) is 36.6 Å². The molecule has 7 heteroatoms. The van der Waals surface area contributed by atoms with Crippen LogP contribution in [0, 0.1) is 6.92 Å². The summed E-state index contributed by atoms with van der Waals surface area (Å²) in [5.41, 5.74) is 3.01. The lowest BCUT2D eigenvalue weighted by molar-refractivity contribution is 0.582. The highest BCUT2D eigenvalue weighted by Crippen LogP contribution is 2.28. The molecule has 0 amide bonds. The molecule has 0 fully saturated rings. The van der Waals surface area contributed by atoms with Crippen LogP contribution in [0.5, 0.6) is 0 Å². The highest BCUT2D eigenvalue weighted by atomic mass is 32.1. The summed E-state index contributed by atoms with van der Waals surface area (Å²) in [5, 5.41) is 10.2. The van der Waals surface area contributed by atoms with E-state index >= 15 is 0 Å². The van der Waals surface area contributed by atoms with Crippen molar-refractivity contribution in [1.29, 1.82) is 0 Å². The first kappa shape index (κ1) is 13.7. The van der Waals surface area contributed by atoms with Gasteiger partial charge in [-0.15, -0.1) is 21.5 Å². The summed E-state index contributed by atoms with van der Waals surface area (Å²) >= 11 is 1.55. The molecule has 4 aromatic heterocycles. The predicted molar refractivity (Wildman–Crippen MR) is 88.7 cm³/mol. The zero-order valence-electron chi connectivity index (χ0n) is 12.2. The fourth-order valence-electron chi connectivity index (χ4n) is 2.13. The predicted octanol–water partition coefficient (Wildman–Crippen LogP) is 3.87. The van der Waals surface area contributed by atoms with E-state index in [1.165, 1.54) is 0 Å². The van der Waals surface area contributed by atoms with Gasteiger partial charge in [0.2, 0.25) is 0 Å². The van der Waals surface area contributed by atoms with Gasteiger partial charge < -0.3 is 4.42 Å². The summed E-state index contributed by atoms with van der Waals surface area (Å²) in [5.74, 6) is 0.861. The zero-order valence-corrected chi connectivity index (χ0v) is 13.0. The molecule has 0 bridgehead atoms. The Labute approximate surface area is 137 Å². The van der Waals surface area contributed by atoms with Crippen LogP contribution in [0.2, 0.25) is 0 Å². The van der Waals surface area contributed by atoms with Gasteiger partial charge in [-0.1, -0.05) is 6.07 Å². The Hall–Kier alpha value is -2.93. The molecule has 0 aliphatic heterocycles. The first-order chi connectivity index (χ1) is 11.3. The van der Waals surface area contributed by atoms with Crippen molar-refractivity contribution in [2.75, 3.05) is 0 Å². The van der Waals surface area contributed by atoms with E-state index in [0.29, 0.717) is 17.5 Å². The van der Waals surface area contributed by atoms with Crippen LogP contribution in [-0.2, 0) is 0 Å². The Kier molecular flexibility index (Phi) is 3.39. The number of pyridine rings is 1. The van der Waals surface area contributed by atoms with E-state index in [9.17, 15) is 0 Å². The summed E-state index contributed by atoms with van der Waals surface area (Å²) in [6, 6.07) is 7.65. The first-order valence-corrected chi connectivity index (χ1v) is 7.81. The second kappa shape index (κ2) is 5.69. The Morgan fingerprint density at radius 1 is 1.09 bits per heavy atom. The third kappa shape index (κ3) is 2.62. The van der Waals surface area contributed by atoms with Crippen LogP contribution in [0.25, 0.3) is 33.6 Å². The fourth-order valence-corrected chi connectivity index (χ4v) is 2.78. The van der Waals surface area contributed by atoms with Gasteiger partial charge >= 0.3 is 0 Å². The van der Waals surface area contributed by atoms with Gasteiger partial charge in [0.1, 0.15) is 5.69 Å². The molecular weight excluding hydrogens is 310 g/mol. The van der Waals surface area contributed by atoms with Crippen LogP contribution in [0.4, 0.5) is 0 Å². The van der Waals surface area contributed by atoms with Crippen molar-refractivity contribution >= 4 is 11.3 Å². The minimum Gasteiger partial charge on any atom is -0.414 e. The SMILES string of the molecule is Cc1ncc(-c2ccncc2)nc1-c1nnc(-c2cccs2)o1.[HH]. The molecule has 0 unspecified atom stereocenters. The van der Waals surface area contributed by atoms with Crippen molar-refractivity contribution in [3.63, 3.8) is 0 Å². The maximum absolute atomic E-state index is 5.76. The summed E-state index contributed by atoms with van der Waals surface area (Å²) in [6.07, 6.45) is 5.17. The highest BCUT2D eigenvalue weighted by Gasteiger charge is 2.16. The van der Waals surface area contributed by atoms with Crippen molar-refractivity contribution < 1.29 is 5.84 Å². The molecule has 4 aromatic rings. The average Bonchev–Trinajstić information content (AvgIpc) is 3.27. The summed E-state index contributed by atoms with van der Waals surface area (Å²) in [4.78, 5) is 14.0. The van der Waals surface area contributed by atoms with Crippen molar-refractivity contribution in [2.45, 2.75) is 6.92 Å². The molecule has 0 N–H and O–H groups in total. The van der Waals surface area contributed by atoms with Crippen molar-refractivity contribution in [3.8, 4) is 33.6 Å². The van der Waals surface area contributed by atoms with E-state index in [0.717, 1.165) is 21.8 Å². The maximum Gasteiger partial charge on any atom is 0.268 e. The van der Waals surface area contributed by atoms with Crippen LogP contribution in [0.1, 0.15) is 7.12 Å². The molecule has 0 saturated carbocycles. The second-order valence-corrected chi connectivity index (χ2v) is 5.76. The molecule has 0 aliphatic rings. The van der Waals surface area contributed by atoms with Crippen molar-refractivity contribution in [2.24, 2.45) is 0 Å². The van der Waals surface area contributed by atoms with Gasteiger partial charge in [-0.3, -0.25) is 9.97 Å². The lowest BCUT2D eigenvalue weighted by atomic mass is 10.2. The number of hydrogen-bond acceptors (Lipinski definition) is 7. The van der Waals surface area contributed by atoms with Gasteiger partial charge in [-0.25, -0.2) is 4.98 Å². The minimum absolute atomic E-state index is 0. The van der Waals surface area contributed by atoms with E-state index in [4.69, 9.17) is 4.42 Å². The van der Waals surface area contributed by atoms with Crippen LogP contribution >= 0.6 is 11.3 Å². The monoisotopic (exact) mass is 323 g/mol. The topological polar surface area (TPSA) is 77.6 Å². The molecule has 4 rings (SSSR count). The van der Waals surface area contributed by atoms with Gasteiger partial charge in [-0.05, 0) is 30.5 Å². The standard InChI is InChI=1S/C16H11N5OS.H2/c1-10-14(16-21-20-15(22-16)13-3-2-8-23-13)19-12(9-18-10)11-4-6-17-7-5-11;/h2-9H,1H3;1H. The van der Waals surface area contributed by atoms with Gasteiger partial charge in [0.25, 0.3) is 11.8 Å². The number of aryl methyl sites for hydroxylation is 1. The first-order valence-electron chi connectivity index (χ1n) is 6.93. The second-order valence-electron chi connectivity index (χ2n) is 4.81. The smallest absolute Gasteiger partial charge is 0.268 e. The average molecular weight is 323 g/mol. The molecule has 0 aromatic carbocycles. The Morgan fingerprint density at radius 2 is 1.91 bits per heavy atom. The number of rotatable bonds is 3. The van der Waals surface area contributed by atoms with Crippen LogP contribution < -0.4 is 0 Å². The van der Waals surface area contributed by atoms with Gasteiger partial charge in [-0.2, -0.15) is 0 Å². The molecular formula is C16H13N5OS. The molecule has 114 valence electrons. The molecule has 4 heterocycles. The van der Waals surface area contributed by atoms with Crippen molar-refractivity contribution in [3.05, 3.63) is 53.9 Å². The maximum atomic E-state index is 5.76. The van der Waals surface area contributed by atoms with Crippen LogP contribution in [-0.4, -0.2) is 25.1 Å². The molecule has 23 heavy (non-hydrogen) atoms. The molecule has 0 saturated heterocycles. The van der Waals surface area contributed by atoms with E-state index in [2.05, 4.69) is 25.1 Å². The van der Waals surface area contributed by atoms with Crippen LogP contribution in [0.3, 0.4) is 0 Å².